The highest BCUT2D eigenvalue weighted by atomic mass is 16.5. The summed E-state index contributed by atoms with van der Waals surface area (Å²) >= 11 is 0. The number of aryl methyl sites for hydroxylation is 2. The van der Waals surface area contributed by atoms with Crippen molar-refractivity contribution in [1.82, 2.24) is 28.0 Å². The van der Waals surface area contributed by atoms with Crippen LogP contribution in [0, 0.1) is 13.8 Å². The molecule has 34 heavy (non-hydrogen) atoms. The number of morpholine rings is 1. The van der Waals surface area contributed by atoms with Crippen molar-refractivity contribution in [3.8, 4) is 0 Å². The van der Waals surface area contributed by atoms with Gasteiger partial charge in [-0.25, -0.2) is 4.79 Å². The second-order valence-electron chi connectivity index (χ2n) is 8.77. The molecule has 1 aliphatic rings. The summed E-state index contributed by atoms with van der Waals surface area (Å²) in [5.41, 5.74) is 3.21. The molecule has 1 aromatic carbocycles. The zero-order valence-electron chi connectivity index (χ0n) is 19.9. The summed E-state index contributed by atoms with van der Waals surface area (Å²) in [5.74, 6) is 0.697. The maximum absolute atomic E-state index is 13.5. The van der Waals surface area contributed by atoms with Gasteiger partial charge in [0, 0.05) is 51.2 Å². The van der Waals surface area contributed by atoms with Gasteiger partial charge in [0.1, 0.15) is 0 Å². The minimum Gasteiger partial charge on any atom is -0.379 e. The van der Waals surface area contributed by atoms with Crippen LogP contribution in [0.15, 0.2) is 46.0 Å². The Morgan fingerprint density at radius 3 is 2.47 bits per heavy atom. The smallest absolute Gasteiger partial charge is 0.332 e. The summed E-state index contributed by atoms with van der Waals surface area (Å²) in [6.07, 6.45) is 3.76. The third-order valence-electron chi connectivity index (χ3n) is 6.77. The number of hydrogen-bond donors (Lipinski definition) is 0. The quantitative estimate of drug-likeness (QED) is 0.437. The standard InChI is InChI=1S/C25H30N6O3/c1-18-19(2)31-21-22(26-24(31)29(18)13-12-28-14-16-34-17-15-28)27(3)25(33)30(23(21)32)11-7-10-20-8-5-4-6-9-20/h4-10H,11-17H2,1-3H3/b10-7+. The number of aromatic nitrogens is 5. The molecule has 0 radical (unpaired) electrons. The van der Waals surface area contributed by atoms with Crippen LogP contribution in [-0.4, -0.2) is 60.8 Å². The molecule has 0 spiro atoms. The zero-order valence-corrected chi connectivity index (χ0v) is 19.9. The third-order valence-corrected chi connectivity index (χ3v) is 6.77. The molecule has 0 saturated carbocycles. The molecule has 0 amide bonds. The van der Waals surface area contributed by atoms with Crippen LogP contribution < -0.4 is 11.2 Å². The summed E-state index contributed by atoms with van der Waals surface area (Å²) in [4.78, 5) is 33.7. The van der Waals surface area contributed by atoms with Crippen molar-refractivity contribution >= 4 is 23.0 Å². The van der Waals surface area contributed by atoms with Crippen LogP contribution in [0.4, 0.5) is 0 Å². The first-order valence-electron chi connectivity index (χ1n) is 11.7. The molecule has 1 fully saturated rings. The van der Waals surface area contributed by atoms with E-state index < -0.39 is 0 Å². The van der Waals surface area contributed by atoms with Crippen molar-refractivity contribution in [3.63, 3.8) is 0 Å². The van der Waals surface area contributed by atoms with E-state index in [1.54, 1.807) is 7.05 Å². The first-order valence-corrected chi connectivity index (χ1v) is 11.7. The molecule has 1 saturated heterocycles. The summed E-state index contributed by atoms with van der Waals surface area (Å²) in [7, 11) is 1.67. The Bertz CT molecular complexity index is 1480. The fraction of sp³-hybridized carbons (Fsp3) is 0.400. The summed E-state index contributed by atoms with van der Waals surface area (Å²) in [6, 6.07) is 9.82. The maximum atomic E-state index is 13.5. The Labute approximate surface area is 197 Å². The fourth-order valence-corrected chi connectivity index (χ4v) is 4.67. The van der Waals surface area contributed by atoms with Crippen molar-refractivity contribution in [2.45, 2.75) is 26.9 Å². The van der Waals surface area contributed by atoms with Gasteiger partial charge in [-0.15, -0.1) is 0 Å². The highest BCUT2D eigenvalue weighted by Gasteiger charge is 2.22. The van der Waals surface area contributed by atoms with Gasteiger partial charge in [0.15, 0.2) is 11.2 Å². The molecular weight excluding hydrogens is 432 g/mol. The Morgan fingerprint density at radius 2 is 1.74 bits per heavy atom. The Morgan fingerprint density at radius 1 is 1.00 bits per heavy atom. The Balaban J connectivity index is 1.56. The molecule has 0 atom stereocenters. The zero-order chi connectivity index (χ0) is 23.8. The second kappa shape index (κ2) is 9.08. The van der Waals surface area contributed by atoms with Crippen LogP contribution in [-0.2, 0) is 24.9 Å². The topological polar surface area (TPSA) is 78.7 Å². The van der Waals surface area contributed by atoms with Gasteiger partial charge in [-0.05, 0) is 19.4 Å². The molecule has 0 unspecified atom stereocenters. The normalized spacial score (nSPS) is 15.3. The molecule has 3 aromatic heterocycles. The molecule has 0 bridgehead atoms. The first kappa shape index (κ1) is 22.4. The van der Waals surface area contributed by atoms with Crippen molar-refractivity contribution in [2.24, 2.45) is 7.05 Å². The molecular formula is C25H30N6O3. The third kappa shape index (κ3) is 3.80. The molecule has 0 aliphatic carbocycles. The number of benzene rings is 1. The van der Waals surface area contributed by atoms with Gasteiger partial charge in [0.2, 0.25) is 5.78 Å². The molecule has 178 valence electrons. The lowest BCUT2D eigenvalue weighted by atomic mass is 10.2. The summed E-state index contributed by atoms with van der Waals surface area (Å²) < 4.78 is 12.3. The summed E-state index contributed by atoms with van der Waals surface area (Å²) in [6.45, 7) is 9.23. The lowest BCUT2D eigenvalue weighted by Crippen LogP contribution is -2.39. The number of rotatable bonds is 6. The van der Waals surface area contributed by atoms with Gasteiger partial charge >= 0.3 is 5.69 Å². The van der Waals surface area contributed by atoms with Crippen LogP contribution in [0.1, 0.15) is 17.0 Å². The van der Waals surface area contributed by atoms with Crippen molar-refractivity contribution in [2.75, 3.05) is 32.8 Å². The monoisotopic (exact) mass is 462 g/mol. The highest BCUT2D eigenvalue weighted by Crippen LogP contribution is 2.20. The molecule has 0 N–H and O–H groups in total. The van der Waals surface area contributed by atoms with E-state index in [1.807, 2.05) is 53.8 Å². The SMILES string of the molecule is Cc1c(C)n2c3c(=O)n(C/C=C/c4ccccc4)c(=O)n(C)c3nc2n1CCN1CCOCC1. The van der Waals surface area contributed by atoms with Gasteiger partial charge in [0.05, 0.1) is 13.2 Å². The number of nitrogens with zero attached hydrogens (tertiary/aromatic N) is 6. The highest BCUT2D eigenvalue weighted by molar-refractivity contribution is 5.76. The second-order valence-corrected chi connectivity index (χ2v) is 8.77. The average molecular weight is 463 g/mol. The number of hydrogen-bond acceptors (Lipinski definition) is 5. The minimum absolute atomic E-state index is 0.194. The Kier molecular flexibility index (Phi) is 5.97. The van der Waals surface area contributed by atoms with Gasteiger partial charge in [-0.2, -0.15) is 4.98 Å². The van der Waals surface area contributed by atoms with Gasteiger partial charge in [0.25, 0.3) is 5.56 Å². The van der Waals surface area contributed by atoms with Crippen LogP contribution in [0.5, 0.6) is 0 Å². The van der Waals surface area contributed by atoms with E-state index >= 15 is 0 Å². The molecule has 9 heteroatoms. The van der Waals surface area contributed by atoms with E-state index in [9.17, 15) is 9.59 Å². The van der Waals surface area contributed by atoms with Gasteiger partial charge < -0.3 is 9.30 Å². The number of allylic oxidation sites excluding steroid dienone is 1. The summed E-state index contributed by atoms with van der Waals surface area (Å²) in [5, 5.41) is 0. The molecule has 4 aromatic rings. The maximum Gasteiger partial charge on any atom is 0.332 e. The van der Waals surface area contributed by atoms with E-state index in [-0.39, 0.29) is 17.8 Å². The van der Waals surface area contributed by atoms with Crippen molar-refractivity contribution < 1.29 is 4.74 Å². The Hall–Kier alpha value is -3.43. The largest absolute Gasteiger partial charge is 0.379 e. The average Bonchev–Trinajstić information content (AvgIpc) is 3.35. The molecule has 1 aliphatic heterocycles. The van der Waals surface area contributed by atoms with Gasteiger partial charge in [-0.3, -0.25) is 23.2 Å². The van der Waals surface area contributed by atoms with Crippen LogP contribution in [0.2, 0.25) is 0 Å². The van der Waals surface area contributed by atoms with Crippen molar-refractivity contribution in [1.29, 1.82) is 0 Å². The first-order chi connectivity index (χ1) is 16.5. The van der Waals surface area contributed by atoms with Gasteiger partial charge in [-0.1, -0.05) is 42.5 Å². The van der Waals surface area contributed by atoms with E-state index in [2.05, 4.69) is 16.4 Å². The van der Waals surface area contributed by atoms with E-state index in [0.717, 1.165) is 56.3 Å². The molecule has 9 nitrogen and oxygen atoms in total. The number of ether oxygens (including phenoxy) is 1. The predicted octanol–water partition coefficient (Wildman–Crippen LogP) is 1.81. The number of fused-ring (bicyclic) bond motifs is 3. The van der Waals surface area contributed by atoms with Crippen LogP contribution >= 0.6 is 0 Å². The minimum atomic E-state index is -0.370. The van der Waals surface area contributed by atoms with Crippen LogP contribution in [0.25, 0.3) is 23.0 Å². The van der Waals surface area contributed by atoms with E-state index in [1.165, 1.54) is 9.13 Å². The molecule has 4 heterocycles. The number of imidazole rings is 2. The predicted molar refractivity (Wildman–Crippen MR) is 132 cm³/mol. The van der Waals surface area contributed by atoms with E-state index in [0.29, 0.717) is 16.9 Å². The molecule has 5 rings (SSSR count). The van der Waals surface area contributed by atoms with Crippen LogP contribution in [0.3, 0.4) is 0 Å². The van der Waals surface area contributed by atoms with E-state index in [4.69, 9.17) is 9.72 Å². The fourth-order valence-electron chi connectivity index (χ4n) is 4.67. The lowest BCUT2D eigenvalue weighted by Gasteiger charge is -2.26. The lowest BCUT2D eigenvalue weighted by molar-refractivity contribution is 0.0364. The van der Waals surface area contributed by atoms with Crippen molar-refractivity contribution in [3.05, 3.63) is 74.2 Å².